The van der Waals surface area contributed by atoms with Gasteiger partial charge in [-0.25, -0.2) is 4.39 Å². The first kappa shape index (κ1) is 11.5. The Morgan fingerprint density at radius 3 is 2.69 bits per heavy atom. The highest BCUT2D eigenvalue weighted by atomic mass is 79.9. The van der Waals surface area contributed by atoms with Crippen LogP contribution in [0.3, 0.4) is 0 Å². The second kappa shape index (κ2) is 3.82. The average Bonchev–Trinajstić information content (AvgIpc) is 2.17. The van der Waals surface area contributed by atoms with Gasteiger partial charge < -0.3 is 10.8 Å². The van der Waals surface area contributed by atoms with Gasteiger partial charge in [0.05, 0.1) is 9.89 Å². The molecular weight excluding hydrogens is 277 g/mol. The third-order valence-corrected chi connectivity index (χ3v) is 3.90. The number of hydrogen-bond acceptors (Lipinski definition) is 2. The molecular formula is C11H11BrFNO2. The lowest BCUT2D eigenvalue weighted by atomic mass is 9.62. The molecule has 2 rings (SSSR count). The summed E-state index contributed by atoms with van der Waals surface area (Å²) < 4.78 is 13.6. The van der Waals surface area contributed by atoms with Gasteiger partial charge in [0, 0.05) is 6.04 Å². The Bertz CT molecular complexity index is 444. The lowest BCUT2D eigenvalue weighted by Crippen LogP contribution is -2.54. The zero-order valence-corrected chi connectivity index (χ0v) is 10.00. The number of carboxylic acids is 1. The molecule has 0 radical (unpaired) electrons. The van der Waals surface area contributed by atoms with Gasteiger partial charge in [0.25, 0.3) is 0 Å². The molecule has 1 aliphatic rings. The summed E-state index contributed by atoms with van der Waals surface area (Å²) in [6.45, 7) is 0. The fourth-order valence-electron chi connectivity index (χ4n) is 2.22. The van der Waals surface area contributed by atoms with Gasteiger partial charge in [-0.05, 0) is 40.4 Å². The van der Waals surface area contributed by atoms with E-state index in [9.17, 15) is 14.3 Å². The second-order valence-corrected chi connectivity index (χ2v) is 4.95. The zero-order chi connectivity index (χ0) is 11.9. The first-order chi connectivity index (χ1) is 7.47. The van der Waals surface area contributed by atoms with Crippen molar-refractivity contribution in [2.75, 3.05) is 0 Å². The third-order valence-electron chi connectivity index (χ3n) is 3.10. The Morgan fingerprint density at radius 1 is 1.56 bits per heavy atom. The summed E-state index contributed by atoms with van der Waals surface area (Å²) >= 11 is 3.10. The normalized spacial score (nSPS) is 28.6. The van der Waals surface area contributed by atoms with Crippen molar-refractivity contribution in [1.29, 1.82) is 0 Å². The second-order valence-electron chi connectivity index (χ2n) is 4.16. The molecule has 1 aliphatic carbocycles. The highest BCUT2D eigenvalue weighted by Crippen LogP contribution is 2.46. The van der Waals surface area contributed by atoms with Crippen molar-refractivity contribution in [3.8, 4) is 0 Å². The quantitative estimate of drug-likeness (QED) is 0.875. The molecule has 0 aromatic heterocycles. The van der Waals surface area contributed by atoms with Crippen LogP contribution in [0.4, 0.5) is 4.39 Å². The van der Waals surface area contributed by atoms with Crippen LogP contribution < -0.4 is 5.73 Å². The van der Waals surface area contributed by atoms with Gasteiger partial charge in [-0.1, -0.05) is 12.1 Å². The maximum absolute atomic E-state index is 13.4. The van der Waals surface area contributed by atoms with Crippen LogP contribution in [0.25, 0.3) is 0 Å². The molecule has 1 aromatic rings. The Hall–Kier alpha value is -0.940. The Kier molecular flexibility index (Phi) is 2.75. The molecule has 0 aliphatic heterocycles. The first-order valence-corrected chi connectivity index (χ1v) is 5.70. The molecule has 1 aromatic carbocycles. The molecule has 3 N–H and O–H groups in total. The van der Waals surface area contributed by atoms with Crippen LogP contribution in [0.1, 0.15) is 18.4 Å². The fraction of sp³-hybridized carbons (Fsp3) is 0.364. The highest BCUT2D eigenvalue weighted by molar-refractivity contribution is 9.10. The molecule has 0 spiro atoms. The van der Waals surface area contributed by atoms with Crippen LogP contribution in [0.15, 0.2) is 22.7 Å². The summed E-state index contributed by atoms with van der Waals surface area (Å²) in [5.41, 5.74) is 5.09. The molecule has 0 heterocycles. The number of nitrogens with two attached hydrogens (primary N) is 1. The molecule has 3 nitrogen and oxygen atoms in total. The van der Waals surface area contributed by atoms with Crippen molar-refractivity contribution < 1.29 is 14.3 Å². The third kappa shape index (κ3) is 1.55. The van der Waals surface area contributed by atoms with Gasteiger partial charge in [0.15, 0.2) is 0 Å². The molecule has 0 bridgehead atoms. The van der Waals surface area contributed by atoms with Crippen LogP contribution in [0.5, 0.6) is 0 Å². The standard InChI is InChI=1S/C11H11BrFNO2/c12-9-7(2-1-3-8(9)13)11(10(15)16)4-6(14)5-11/h1-3,6H,4-5,14H2,(H,15,16). The lowest BCUT2D eigenvalue weighted by Gasteiger charge is -2.43. The minimum Gasteiger partial charge on any atom is -0.481 e. The summed E-state index contributed by atoms with van der Waals surface area (Å²) in [5, 5.41) is 9.27. The van der Waals surface area contributed by atoms with Crippen LogP contribution in [-0.2, 0) is 10.2 Å². The van der Waals surface area contributed by atoms with E-state index in [1.165, 1.54) is 12.1 Å². The van der Waals surface area contributed by atoms with Crippen LogP contribution >= 0.6 is 15.9 Å². The topological polar surface area (TPSA) is 63.3 Å². The van der Waals surface area contributed by atoms with E-state index in [-0.39, 0.29) is 10.5 Å². The fourth-order valence-corrected chi connectivity index (χ4v) is 2.86. The van der Waals surface area contributed by atoms with Gasteiger partial charge in [-0.15, -0.1) is 0 Å². The summed E-state index contributed by atoms with van der Waals surface area (Å²) in [6.07, 6.45) is 0.703. The predicted molar refractivity (Wildman–Crippen MR) is 60.6 cm³/mol. The largest absolute Gasteiger partial charge is 0.481 e. The lowest BCUT2D eigenvalue weighted by molar-refractivity contribution is -0.148. The average molecular weight is 288 g/mol. The van der Waals surface area contributed by atoms with Crippen molar-refractivity contribution in [3.63, 3.8) is 0 Å². The van der Waals surface area contributed by atoms with Gasteiger partial charge in [0.1, 0.15) is 5.82 Å². The SMILES string of the molecule is NC1CC(C(=O)O)(c2cccc(F)c2Br)C1. The van der Waals surface area contributed by atoms with Crippen LogP contribution in [-0.4, -0.2) is 17.1 Å². The smallest absolute Gasteiger partial charge is 0.314 e. The summed E-state index contributed by atoms with van der Waals surface area (Å²) in [5.74, 6) is -1.39. The summed E-state index contributed by atoms with van der Waals surface area (Å²) in [7, 11) is 0. The number of benzene rings is 1. The molecule has 5 heteroatoms. The molecule has 0 atom stereocenters. The summed E-state index contributed by atoms with van der Waals surface area (Å²) in [6, 6.07) is 4.32. The van der Waals surface area contributed by atoms with E-state index in [4.69, 9.17) is 5.73 Å². The molecule has 0 saturated heterocycles. The van der Waals surface area contributed by atoms with Gasteiger partial charge in [0.2, 0.25) is 0 Å². The first-order valence-electron chi connectivity index (χ1n) is 4.91. The minimum absolute atomic E-state index is 0.119. The van der Waals surface area contributed by atoms with Crippen molar-refractivity contribution in [2.45, 2.75) is 24.3 Å². The molecule has 16 heavy (non-hydrogen) atoms. The van der Waals surface area contributed by atoms with Crippen LogP contribution in [0, 0.1) is 5.82 Å². The number of carboxylic acid groups (broad SMARTS) is 1. The van der Waals surface area contributed by atoms with E-state index in [2.05, 4.69) is 15.9 Å². The molecule has 1 saturated carbocycles. The van der Waals surface area contributed by atoms with Gasteiger partial charge >= 0.3 is 5.97 Å². The van der Waals surface area contributed by atoms with E-state index >= 15 is 0 Å². The van der Waals surface area contributed by atoms with E-state index in [0.29, 0.717) is 18.4 Å². The number of hydrogen-bond donors (Lipinski definition) is 2. The number of halogens is 2. The number of rotatable bonds is 2. The van der Waals surface area contributed by atoms with Crippen LogP contribution in [0.2, 0.25) is 0 Å². The van der Waals surface area contributed by atoms with Crippen molar-refractivity contribution in [2.24, 2.45) is 5.73 Å². The molecule has 86 valence electrons. The minimum atomic E-state index is -1.03. The van der Waals surface area contributed by atoms with E-state index < -0.39 is 17.2 Å². The van der Waals surface area contributed by atoms with Gasteiger partial charge in [-0.3, -0.25) is 4.79 Å². The summed E-state index contributed by atoms with van der Waals surface area (Å²) in [4.78, 5) is 11.3. The number of carbonyl (C=O) groups is 1. The molecule has 1 fully saturated rings. The Labute approximate surface area is 101 Å². The Morgan fingerprint density at radius 2 is 2.19 bits per heavy atom. The monoisotopic (exact) mass is 287 g/mol. The van der Waals surface area contributed by atoms with Gasteiger partial charge in [-0.2, -0.15) is 0 Å². The highest BCUT2D eigenvalue weighted by Gasteiger charge is 2.51. The van der Waals surface area contributed by atoms with Crippen molar-refractivity contribution in [3.05, 3.63) is 34.1 Å². The maximum atomic E-state index is 13.4. The maximum Gasteiger partial charge on any atom is 0.314 e. The van der Waals surface area contributed by atoms with Crippen molar-refractivity contribution >= 4 is 21.9 Å². The predicted octanol–water partition coefficient (Wildman–Crippen LogP) is 2.03. The Balaban J connectivity index is 2.49. The zero-order valence-electron chi connectivity index (χ0n) is 8.41. The van der Waals surface area contributed by atoms with E-state index in [1.54, 1.807) is 6.07 Å². The molecule has 0 unspecified atom stereocenters. The van der Waals surface area contributed by atoms with E-state index in [0.717, 1.165) is 0 Å². The van der Waals surface area contributed by atoms with E-state index in [1.807, 2.05) is 0 Å². The number of aliphatic carboxylic acids is 1. The van der Waals surface area contributed by atoms with Crippen molar-refractivity contribution in [1.82, 2.24) is 0 Å². The molecule has 0 amide bonds.